The summed E-state index contributed by atoms with van der Waals surface area (Å²) >= 11 is 0. The highest BCUT2D eigenvalue weighted by Crippen LogP contribution is 2.43. The Bertz CT molecular complexity index is 1310. The lowest BCUT2D eigenvalue weighted by molar-refractivity contribution is -0.870. The molecule has 9 heteroatoms. The maximum Gasteiger partial charge on any atom is 0.472 e. The van der Waals surface area contributed by atoms with Crippen molar-refractivity contribution in [1.29, 1.82) is 0 Å². The van der Waals surface area contributed by atoms with Crippen molar-refractivity contribution in [2.45, 2.75) is 431 Å². The Kier molecular flexibility index (Phi) is 65.5. The molecule has 0 fully saturated rings. The van der Waals surface area contributed by atoms with E-state index in [0.29, 0.717) is 23.9 Å². The van der Waals surface area contributed by atoms with Gasteiger partial charge in [0.25, 0.3) is 0 Å². The third kappa shape index (κ3) is 68.8. The van der Waals surface area contributed by atoms with Crippen LogP contribution in [0.25, 0.3) is 0 Å². The van der Waals surface area contributed by atoms with Crippen LogP contribution in [-0.4, -0.2) is 73.4 Å². The molecule has 83 heavy (non-hydrogen) atoms. The Labute approximate surface area is 520 Å². The summed E-state index contributed by atoms with van der Waals surface area (Å²) in [5, 5.41) is 14.2. The van der Waals surface area contributed by atoms with Crippen LogP contribution < -0.4 is 5.32 Å². The van der Waals surface area contributed by atoms with E-state index in [0.717, 1.165) is 38.5 Å². The van der Waals surface area contributed by atoms with Crippen LogP contribution in [0.15, 0.2) is 0 Å². The highest BCUT2D eigenvalue weighted by molar-refractivity contribution is 7.47. The van der Waals surface area contributed by atoms with E-state index >= 15 is 0 Å². The molecule has 0 aliphatic heterocycles. The molecular weight excluding hydrogens is 1040 g/mol. The third-order valence-corrected chi connectivity index (χ3v) is 19.1. The molecule has 0 aromatic heterocycles. The fourth-order valence-corrected chi connectivity index (χ4v) is 13.0. The monoisotopic (exact) mass is 1200 g/mol. The Morgan fingerprint density at radius 2 is 0.578 bits per heavy atom. The zero-order valence-electron chi connectivity index (χ0n) is 57.2. The van der Waals surface area contributed by atoms with Crippen molar-refractivity contribution in [2.75, 3.05) is 40.9 Å². The number of hydrogen-bond donors (Lipinski definition) is 3. The summed E-state index contributed by atoms with van der Waals surface area (Å²) < 4.78 is 23.9. The molecule has 498 valence electrons. The zero-order chi connectivity index (χ0) is 60.5. The minimum Gasteiger partial charge on any atom is -0.391 e. The smallest absolute Gasteiger partial charge is 0.391 e. The van der Waals surface area contributed by atoms with E-state index in [9.17, 15) is 19.4 Å². The summed E-state index contributed by atoms with van der Waals surface area (Å²) in [4.78, 5) is 23.5. The van der Waals surface area contributed by atoms with Gasteiger partial charge in [0.2, 0.25) is 5.91 Å². The summed E-state index contributed by atoms with van der Waals surface area (Å²) in [6.07, 6.45) is 83.8. The molecular formula is C74H152N2O6P+. The molecule has 8 nitrogen and oxygen atoms in total. The molecule has 1 amide bonds. The lowest BCUT2D eigenvalue weighted by Gasteiger charge is -2.26. The van der Waals surface area contributed by atoms with E-state index in [4.69, 9.17) is 9.05 Å². The number of aliphatic hydroxyl groups is 1. The molecule has 0 aliphatic rings. The van der Waals surface area contributed by atoms with Gasteiger partial charge >= 0.3 is 7.82 Å². The van der Waals surface area contributed by atoms with Gasteiger partial charge in [-0.1, -0.05) is 399 Å². The molecule has 3 atom stereocenters. The molecule has 3 unspecified atom stereocenters. The highest BCUT2D eigenvalue weighted by Gasteiger charge is 2.28. The number of amides is 1. The van der Waals surface area contributed by atoms with Gasteiger partial charge in [0.1, 0.15) is 13.2 Å². The first-order chi connectivity index (χ1) is 40.5. The van der Waals surface area contributed by atoms with Gasteiger partial charge in [0.05, 0.1) is 39.9 Å². The topological polar surface area (TPSA) is 105 Å². The summed E-state index contributed by atoms with van der Waals surface area (Å²) in [5.74, 6) is -0.132. The average molecular weight is 1200 g/mol. The first kappa shape index (κ1) is 82.5. The number of carbonyl (C=O) groups excluding carboxylic acids is 1. The Balaban J connectivity index is 3.92. The second kappa shape index (κ2) is 65.9. The minimum absolute atomic E-state index is 0.0796. The number of phosphoric ester groups is 1. The van der Waals surface area contributed by atoms with Gasteiger partial charge < -0.3 is 19.8 Å². The first-order valence-electron chi connectivity index (χ1n) is 37.9. The molecule has 0 aromatic carbocycles. The van der Waals surface area contributed by atoms with E-state index in [2.05, 4.69) is 19.2 Å². The van der Waals surface area contributed by atoms with Gasteiger partial charge in [-0.3, -0.25) is 13.8 Å². The number of quaternary nitrogens is 1. The molecule has 0 saturated heterocycles. The second-order valence-electron chi connectivity index (χ2n) is 27.8. The van der Waals surface area contributed by atoms with Gasteiger partial charge in [-0.2, -0.15) is 0 Å². The van der Waals surface area contributed by atoms with Gasteiger partial charge in [-0.25, -0.2) is 4.57 Å². The quantitative estimate of drug-likeness (QED) is 0.0318. The third-order valence-electron chi connectivity index (χ3n) is 18.1. The highest BCUT2D eigenvalue weighted by atomic mass is 31.2. The summed E-state index contributed by atoms with van der Waals surface area (Å²) in [6, 6.07) is -0.757. The predicted octanol–water partition coefficient (Wildman–Crippen LogP) is 24.3. The molecule has 0 rings (SSSR count). The van der Waals surface area contributed by atoms with E-state index in [1.165, 1.54) is 353 Å². The lowest BCUT2D eigenvalue weighted by atomic mass is 10.0. The minimum atomic E-state index is -4.33. The zero-order valence-corrected chi connectivity index (χ0v) is 58.1. The van der Waals surface area contributed by atoms with Gasteiger partial charge in [-0.15, -0.1) is 0 Å². The molecule has 0 radical (unpaired) electrons. The van der Waals surface area contributed by atoms with Crippen molar-refractivity contribution in [2.24, 2.45) is 0 Å². The van der Waals surface area contributed by atoms with Crippen LogP contribution in [0.2, 0.25) is 0 Å². The fourth-order valence-electron chi connectivity index (χ4n) is 12.2. The normalized spacial score (nSPS) is 13.5. The molecule has 0 spiro atoms. The molecule has 0 saturated carbocycles. The maximum absolute atomic E-state index is 13.1. The van der Waals surface area contributed by atoms with Crippen molar-refractivity contribution in [3.05, 3.63) is 0 Å². The summed E-state index contributed by atoms with van der Waals surface area (Å²) in [7, 11) is 1.64. The Morgan fingerprint density at radius 1 is 0.361 bits per heavy atom. The molecule has 0 aliphatic carbocycles. The van der Waals surface area contributed by atoms with Gasteiger partial charge in [0.15, 0.2) is 0 Å². The van der Waals surface area contributed by atoms with Gasteiger partial charge in [-0.05, 0) is 12.8 Å². The number of rotatable bonds is 72. The van der Waals surface area contributed by atoms with Crippen molar-refractivity contribution in [1.82, 2.24) is 5.32 Å². The summed E-state index contributed by atoms with van der Waals surface area (Å²) in [6.45, 7) is 4.97. The lowest BCUT2D eigenvalue weighted by Crippen LogP contribution is -2.46. The van der Waals surface area contributed by atoms with Crippen LogP contribution in [-0.2, 0) is 18.4 Å². The molecule has 0 bridgehead atoms. The van der Waals surface area contributed by atoms with Crippen LogP contribution >= 0.6 is 7.82 Å². The van der Waals surface area contributed by atoms with Gasteiger partial charge in [0, 0.05) is 6.42 Å². The maximum atomic E-state index is 13.1. The van der Waals surface area contributed by atoms with E-state index in [-0.39, 0.29) is 19.1 Å². The Morgan fingerprint density at radius 3 is 0.807 bits per heavy atom. The molecule has 3 N–H and O–H groups in total. The fraction of sp³-hybridized carbons (Fsp3) is 0.986. The SMILES string of the molecule is CCCCCCCCCCCCCCCCCCCCCCCCCCCCCCCCCCCCC(=O)NC(COP(=O)(O)OCC[N+](C)(C)C)C(O)CCCCCCCCCCCCCCCCCCCCCCCCCCCCC. The van der Waals surface area contributed by atoms with E-state index in [1.54, 1.807) is 0 Å². The number of nitrogens with one attached hydrogen (secondary N) is 1. The number of likely N-dealkylation sites (N-methyl/N-ethyl adjacent to an activating group) is 1. The van der Waals surface area contributed by atoms with Crippen molar-refractivity contribution in [3.63, 3.8) is 0 Å². The number of hydrogen-bond acceptors (Lipinski definition) is 5. The van der Waals surface area contributed by atoms with Crippen LogP contribution in [0, 0.1) is 0 Å². The van der Waals surface area contributed by atoms with Crippen LogP contribution in [0.5, 0.6) is 0 Å². The number of phosphoric acid groups is 1. The van der Waals surface area contributed by atoms with E-state index < -0.39 is 20.0 Å². The van der Waals surface area contributed by atoms with Crippen LogP contribution in [0.4, 0.5) is 0 Å². The van der Waals surface area contributed by atoms with Crippen molar-refractivity contribution < 1.29 is 32.9 Å². The largest absolute Gasteiger partial charge is 0.472 e. The predicted molar refractivity (Wildman–Crippen MR) is 365 cm³/mol. The average Bonchev–Trinajstić information content (AvgIpc) is 3.49. The molecule has 0 heterocycles. The number of aliphatic hydroxyl groups excluding tert-OH is 1. The van der Waals surface area contributed by atoms with Crippen LogP contribution in [0.3, 0.4) is 0 Å². The second-order valence-corrected chi connectivity index (χ2v) is 29.2. The summed E-state index contributed by atoms with van der Waals surface area (Å²) in [5.41, 5.74) is 0. The Hall–Kier alpha value is -0.500. The van der Waals surface area contributed by atoms with Crippen molar-refractivity contribution >= 4 is 13.7 Å². The van der Waals surface area contributed by atoms with Crippen molar-refractivity contribution in [3.8, 4) is 0 Å². The number of unbranched alkanes of at least 4 members (excludes halogenated alkanes) is 59. The van der Waals surface area contributed by atoms with E-state index in [1.807, 2.05) is 21.1 Å². The first-order valence-corrected chi connectivity index (χ1v) is 39.4. The van der Waals surface area contributed by atoms with Crippen LogP contribution in [0.1, 0.15) is 418 Å². The number of nitrogens with zero attached hydrogens (tertiary/aromatic N) is 1. The molecule has 0 aromatic rings. The number of carbonyl (C=O) groups is 1. The standard InChI is InChI=1S/C74H151N2O6P/c1-6-8-10-12-14-16-18-20-22-24-26-28-30-32-34-35-36-37-38-39-40-42-44-46-48-50-52-54-56-58-60-62-64-66-68-74(78)75-72(71-82-83(79,80)81-70-69-76(3,4)5)73(77)67-65-63-61-59-57-55-53-51-49-47-45-43-41-33-31-29-27-25-23-21-19-17-15-13-11-9-7-2/h72-73,77H,6-71H2,1-5H3,(H-,75,78,79,80)/p+1.